The molecule has 0 aliphatic rings. The van der Waals surface area contributed by atoms with E-state index in [1.165, 1.54) is 0 Å². The minimum Gasteiger partial charge on any atom is -0.322 e. The number of para-hydroxylation sites is 1. The number of carbonyl (C=O) groups is 1. The van der Waals surface area contributed by atoms with Crippen LogP contribution in [0.5, 0.6) is 0 Å². The Morgan fingerprint density at radius 1 is 1.17 bits per heavy atom. The van der Waals surface area contributed by atoms with Gasteiger partial charge < -0.3 is 5.32 Å². The van der Waals surface area contributed by atoms with Crippen molar-refractivity contribution in [2.45, 2.75) is 0 Å². The van der Waals surface area contributed by atoms with Crippen molar-refractivity contribution in [3.05, 3.63) is 54.4 Å². The van der Waals surface area contributed by atoms with Crippen molar-refractivity contribution < 1.29 is 4.79 Å². The van der Waals surface area contributed by atoms with Crippen LogP contribution in [0.4, 0.5) is 5.69 Å². The maximum absolute atomic E-state index is 12.1. The number of benzene rings is 1. The Balaban J connectivity index is 1.95. The van der Waals surface area contributed by atoms with Crippen LogP contribution in [0.2, 0.25) is 0 Å². The molecule has 2 aromatic heterocycles. The molecule has 0 unspecified atom stereocenters. The van der Waals surface area contributed by atoms with Gasteiger partial charge in [0.2, 0.25) is 0 Å². The molecule has 5 nitrogen and oxygen atoms in total. The molecule has 18 heavy (non-hydrogen) atoms. The summed E-state index contributed by atoms with van der Waals surface area (Å²) < 4.78 is 0. The largest absolute Gasteiger partial charge is 0.322 e. The van der Waals surface area contributed by atoms with Crippen LogP contribution in [0.3, 0.4) is 0 Å². The summed E-state index contributed by atoms with van der Waals surface area (Å²) in [6.45, 7) is 0. The SMILES string of the molecule is O=C(Nc1ccccc1)c1ccnc2[nH]ncc12. The summed E-state index contributed by atoms with van der Waals surface area (Å²) >= 11 is 0. The second-order valence-corrected chi connectivity index (χ2v) is 3.81. The van der Waals surface area contributed by atoms with Crippen molar-refractivity contribution >= 4 is 22.6 Å². The van der Waals surface area contributed by atoms with Gasteiger partial charge in [-0.1, -0.05) is 18.2 Å². The van der Waals surface area contributed by atoms with Crippen molar-refractivity contribution in [3.63, 3.8) is 0 Å². The van der Waals surface area contributed by atoms with Crippen LogP contribution in [0.15, 0.2) is 48.8 Å². The molecule has 3 aromatic rings. The Morgan fingerprint density at radius 2 is 2.00 bits per heavy atom. The van der Waals surface area contributed by atoms with E-state index in [0.29, 0.717) is 16.6 Å². The molecule has 3 rings (SSSR count). The number of carbonyl (C=O) groups excluding carboxylic acids is 1. The van der Waals surface area contributed by atoms with E-state index < -0.39 is 0 Å². The second-order valence-electron chi connectivity index (χ2n) is 3.81. The van der Waals surface area contributed by atoms with Gasteiger partial charge in [0, 0.05) is 11.9 Å². The number of aromatic amines is 1. The molecule has 0 saturated heterocycles. The second kappa shape index (κ2) is 4.29. The summed E-state index contributed by atoms with van der Waals surface area (Å²) in [7, 11) is 0. The highest BCUT2D eigenvalue weighted by molar-refractivity contribution is 6.11. The Hall–Kier alpha value is -2.69. The average molecular weight is 238 g/mol. The Morgan fingerprint density at radius 3 is 2.83 bits per heavy atom. The summed E-state index contributed by atoms with van der Waals surface area (Å²) in [6, 6.07) is 11.0. The number of pyridine rings is 1. The molecule has 0 fully saturated rings. The third kappa shape index (κ3) is 1.82. The molecule has 0 saturated carbocycles. The highest BCUT2D eigenvalue weighted by atomic mass is 16.1. The Labute approximate surface area is 103 Å². The monoisotopic (exact) mass is 238 g/mol. The van der Waals surface area contributed by atoms with Crippen molar-refractivity contribution in [2.24, 2.45) is 0 Å². The molecule has 1 amide bonds. The number of hydrogen-bond donors (Lipinski definition) is 2. The highest BCUT2D eigenvalue weighted by Gasteiger charge is 2.11. The maximum atomic E-state index is 12.1. The van der Waals surface area contributed by atoms with Crippen LogP contribution in [0, 0.1) is 0 Å². The van der Waals surface area contributed by atoms with Crippen LogP contribution in [0.25, 0.3) is 11.0 Å². The first-order chi connectivity index (χ1) is 8.84. The smallest absolute Gasteiger partial charge is 0.256 e. The number of aromatic nitrogens is 3. The lowest BCUT2D eigenvalue weighted by Crippen LogP contribution is -2.12. The minimum absolute atomic E-state index is 0.171. The van der Waals surface area contributed by atoms with Gasteiger partial charge in [-0.3, -0.25) is 9.89 Å². The van der Waals surface area contributed by atoms with E-state index in [0.717, 1.165) is 5.69 Å². The van der Waals surface area contributed by atoms with Gasteiger partial charge in [0.05, 0.1) is 17.1 Å². The van der Waals surface area contributed by atoms with Crippen LogP contribution in [-0.2, 0) is 0 Å². The Kier molecular flexibility index (Phi) is 2.49. The topological polar surface area (TPSA) is 70.7 Å². The number of anilines is 1. The van der Waals surface area contributed by atoms with E-state index in [1.807, 2.05) is 30.3 Å². The number of hydrogen-bond acceptors (Lipinski definition) is 3. The minimum atomic E-state index is -0.171. The van der Waals surface area contributed by atoms with Crippen LogP contribution in [-0.4, -0.2) is 21.1 Å². The zero-order valence-electron chi connectivity index (χ0n) is 9.42. The van der Waals surface area contributed by atoms with Crippen LogP contribution in [0.1, 0.15) is 10.4 Å². The van der Waals surface area contributed by atoms with Crippen molar-refractivity contribution in [1.82, 2.24) is 15.2 Å². The number of H-pyrrole nitrogens is 1. The molecule has 0 aliphatic carbocycles. The van der Waals surface area contributed by atoms with Crippen molar-refractivity contribution in [1.29, 1.82) is 0 Å². The van der Waals surface area contributed by atoms with Gasteiger partial charge in [-0.05, 0) is 18.2 Å². The molecule has 88 valence electrons. The number of amides is 1. The van der Waals surface area contributed by atoms with Crippen molar-refractivity contribution in [2.75, 3.05) is 5.32 Å². The van der Waals surface area contributed by atoms with Crippen molar-refractivity contribution in [3.8, 4) is 0 Å². The van der Waals surface area contributed by atoms with Gasteiger partial charge in [-0.2, -0.15) is 5.10 Å². The van der Waals surface area contributed by atoms with E-state index in [2.05, 4.69) is 20.5 Å². The van der Waals surface area contributed by atoms with E-state index >= 15 is 0 Å². The van der Waals surface area contributed by atoms with Gasteiger partial charge in [0.25, 0.3) is 5.91 Å². The summed E-state index contributed by atoms with van der Waals surface area (Å²) in [5.41, 5.74) is 1.92. The van der Waals surface area contributed by atoms with Gasteiger partial charge in [-0.25, -0.2) is 4.98 Å². The number of fused-ring (bicyclic) bond motifs is 1. The van der Waals surface area contributed by atoms with Crippen LogP contribution < -0.4 is 5.32 Å². The lowest BCUT2D eigenvalue weighted by Gasteiger charge is -2.05. The van der Waals surface area contributed by atoms with E-state index in [-0.39, 0.29) is 5.91 Å². The molecule has 1 aromatic carbocycles. The third-order valence-corrected chi connectivity index (χ3v) is 2.63. The van der Waals surface area contributed by atoms with E-state index in [9.17, 15) is 4.79 Å². The van der Waals surface area contributed by atoms with Gasteiger partial charge >= 0.3 is 0 Å². The zero-order valence-corrected chi connectivity index (χ0v) is 9.42. The summed E-state index contributed by atoms with van der Waals surface area (Å²) in [5, 5.41) is 10.2. The zero-order chi connectivity index (χ0) is 12.4. The predicted octanol–water partition coefficient (Wildman–Crippen LogP) is 2.21. The summed E-state index contributed by atoms with van der Waals surface area (Å²) in [4.78, 5) is 16.2. The molecule has 0 atom stereocenters. The first-order valence-corrected chi connectivity index (χ1v) is 5.49. The lowest BCUT2D eigenvalue weighted by atomic mass is 10.2. The molecular weight excluding hydrogens is 228 g/mol. The van der Waals surface area contributed by atoms with Gasteiger partial charge in [-0.15, -0.1) is 0 Å². The van der Waals surface area contributed by atoms with E-state index in [4.69, 9.17) is 0 Å². The lowest BCUT2D eigenvalue weighted by molar-refractivity contribution is 0.102. The number of nitrogens with one attached hydrogen (secondary N) is 2. The summed E-state index contributed by atoms with van der Waals surface area (Å²) in [5.74, 6) is -0.171. The standard InChI is InChI=1S/C13H10N4O/c18-13(16-9-4-2-1-3-5-9)10-6-7-14-12-11(10)8-15-17-12/h1-8H,(H,16,18)(H,14,15,17). The van der Waals surface area contributed by atoms with E-state index in [1.54, 1.807) is 18.5 Å². The maximum Gasteiger partial charge on any atom is 0.256 e. The molecule has 0 radical (unpaired) electrons. The molecule has 0 bridgehead atoms. The fourth-order valence-electron chi connectivity index (χ4n) is 1.77. The number of nitrogens with zero attached hydrogens (tertiary/aromatic N) is 2. The molecular formula is C13H10N4O. The quantitative estimate of drug-likeness (QED) is 0.719. The summed E-state index contributed by atoms with van der Waals surface area (Å²) in [6.07, 6.45) is 3.18. The fourth-order valence-corrected chi connectivity index (χ4v) is 1.77. The van der Waals surface area contributed by atoms with Crippen LogP contribution >= 0.6 is 0 Å². The molecule has 2 heterocycles. The predicted molar refractivity (Wildman–Crippen MR) is 68.3 cm³/mol. The van der Waals surface area contributed by atoms with Gasteiger partial charge in [0.1, 0.15) is 0 Å². The first kappa shape index (κ1) is 10.5. The number of rotatable bonds is 2. The highest BCUT2D eigenvalue weighted by Crippen LogP contribution is 2.15. The fraction of sp³-hybridized carbons (Fsp3) is 0. The normalized spacial score (nSPS) is 10.4. The first-order valence-electron chi connectivity index (χ1n) is 5.49. The average Bonchev–Trinajstić information content (AvgIpc) is 2.87. The Bertz CT molecular complexity index is 690. The third-order valence-electron chi connectivity index (χ3n) is 2.63. The molecule has 0 spiro atoms. The van der Waals surface area contributed by atoms with Gasteiger partial charge in [0.15, 0.2) is 5.65 Å². The molecule has 0 aliphatic heterocycles. The molecule has 5 heteroatoms. The molecule has 2 N–H and O–H groups in total.